The highest BCUT2D eigenvalue weighted by Gasteiger charge is 2.09. The number of nitrogens with one attached hydrogen (secondary N) is 1. The van der Waals surface area contributed by atoms with Gasteiger partial charge in [-0.2, -0.15) is 0 Å². The minimum Gasteiger partial charge on any atom is -0.321 e. The Labute approximate surface area is 110 Å². The summed E-state index contributed by atoms with van der Waals surface area (Å²) in [6, 6.07) is 5.90. The van der Waals surface area contributed by atoms with Crippen LogP contribution in [0, 0.1) is 0 Å². The summed E-state index contributed by atoms with van der Waals surface area (Å²) in [4.78, 5) is 19.6. The van der Waals surface area contributed by atoms with Crippen LogP contribution in [-0.4, -0.2) is 30.5 Å². The number of hydrogen-bond acceptors (Lipinski definition) is 5. The van der Waals surface area contributed by atoms with Crippen molar-refractivity contribution in [3.8, 4) is 0 Å². The fraction of sp³-hybridized carbons (Fsp3) is 0.0833. The van der Waals surface area contributed by atoms with Crippen LogP contribution in [0.1, 0.15) is 10.5 Å². The van der Waals surface area contributed by atoms with Crippen molar-refractivity contribution in [3.63, 3.8) is 0 Å². The third-order valence-electron chi connectivity index (χ3n) is 2.34. The molecular formula is C12H11N3O3S. The summed E-state index contributed by atoms with van der Waals surface area (Å²) in [5, 5.41) is 2.60. The fourth-order valence-corrected chi connectivity index (χ4v) is 2.03. The van der Waals surface area contributed by atoms with Crippen molar-refractivity contribution in [3.05, 3.63) is 48.5 Å². The molecule has 0 spiro atoms. The van der Waals surface area contributed by atoms with Crippen molar-refractivity contribution in [2.45, 2.75) is 4.90 Å². The van der Waals surface area contributed by atoms with E-state index < -0.39 is 15.7 Å². The van der Waals surface area contributed by atoms with Crippen molar-refractivity contribution in [2.24, 2.45) is 0 Å². The maximum Gasteiger partial charge on any atom is 0.275 e. The number of benzene rings is 1. The summed E-state index contributed by atoms with van der Waals surface area (Å²) < 4.78 is 22.6. The van der Waals surface area contributed by atoms with Gasteiger partial charge in [-0.25, -0.2) is 13.4 Å². The lowest BCUT2D eigenvalue weighted by molar-refractivity contribution is 0.102. The Kier molecular flexibility index (Phi) is 3.57. The van der Waals surface area contributed by atoms with Gasteiger partial charge < -0.3 is 5.32 Å². The molecule has 1 amide bonds. The van der Waals surface area contributed by atoms with Gasteiger partial charge in [0.05, 0.1) is 11.1 Å². The largest absolute Gasteiger partial charge is 0.321 e. The van der Waals surface area contributed by atoms with Gasteiger partial charge >= 0.3 is 0 Å². The highest BCUT2D eigenvalue weighted by molar-refractivity contribution is 7.90. The van der Waals surface area contributed by atoms with Gasteiger partial charge in [0.15, 0.2) is 9.84 Å². The Hall–Kier alpha value is -2.28. The topological polar surface area (TPSA) is 89.0 Å². The molecule has 1 aromatic heterocycles. The predicted molar refractivity (Wildman–Crippen MR) is 69.5 cm³/mol. The van der Waals surface area contributed by atoms with Crippen LogP contribution in [0.25, 0.3) is 0 Å². The molecule has 6 nitrogen and oxygen atoms in total. The zero-order chi connectivity index (χ0) is 13.9. The second-order valence-corrected chi connectivity index (χ2v) is 5.86. The zero-order valence-electron chi connectivity index (χ0n) is 10.1. The molecule has 0 radical (unpaired) electrons. The molecule has 1 N–H and O–H groups in total. The molecule has 98 valence electrons. The van der Waals surface area contributed by atoms with Gasteiger partial charge in [0.1, 0.15) is 5.69 Å². The van der Waals surface area contributed by atoms with E-state index in [0.717, 1.165) is 6.26 Å². The van der Waals surface area contributed by atoms with Crippen LogP contribution in [0.3, 0.4) is 0 Å². The van der Waals surface area contributed by atoms with Crippen LogP contribution in [0.5, 0.6) is 0 Å². The summed E-state index contributed by atoms with van der Waals surface area (Å²) in [5.41, 5.74) is 0.678. The fourth-order valence-electron chi connectivity index (χ4n) is 1.40. The molecule has 1 aromatic carbocycles. The zero-order valence-corrected chi connectivity index (χ0v) is 10.9. The maximum atomic E-state index is 11.8. The van der Waals surface area contributed by atoms with E-state index in [9.17, 15) is 13.2 Å². The van der Waals surface area contributed by atoms with Crippen LogP contribution in [-0.2, 0) is 9.84 Å². The molecule has 0 aliphatic heterocycles. The van der Waals surface area contributed by atoms with Crippen LogP contribution in [0.2, 0.25) is 0 Å². The third kappa shape index (κ3) is 3.35. The van der Waals surface area contributed by atoms with E-state index in [4.69, 9.17) is 0 Å². The molecule has 0 atom stereocenters. The van der Waals surface area contributed by atoms with Crippen molar-refractivity contribution >= 4 is 21.4 Å². The molecule has 0 bridgehead atoms. The minimum atomic E-state index is -3.24. The summed E-state index contributed by atoms with van der Waals surface area (Å²) in [6.45, 7) is 0. The molecule has 7 heteroatoms. The van der Waals surface area contributed by atoms with Crippen LogP contribution in [0.15, 0.2) is 47.8 Å². The first-order valence-electron chi connectivity index (χ1n) is 5.34. The first-order valence-corrected chi connectivity index (χ1v) is 7.23. The average molecular weight is 277 g/mol. The molecule has 0 unspecified atom stereocenters. The Morgan fingerprint density at radius 3 is 2.37 bits per heavy atom. The van der Waals surface area contributed by atoms with Gasteiger partial charge in [-0.1, -0.05) is 0 Å². The van der Waals surface area contributed by atoms with Gasteiger partial charge in [-0.3, -0.25) is 9.78 Å². The van der Waals surface area contributed by atoms with Gasteiger partial charge in [0.2, 0.25) is 0 Å². The van der Waals surface area contributed by atoms with Crippen molar-refractivity contribution in [2.75, 3.05) is 11.6 Å². The molecule has 2 rings (SSSR count). The minimum absolute atomic E-state index is 0.190. The van der Waals surface area contributed by atoms with Gasteiger partial charge in [0.25, 0.3) is 5.91 Å². The Morgan fingerprint density at radius 2 is 1.84 bits per heavy atom. The molecule has 0 aliphatic rings. The average Bonchev–Trinajstić information content (AvgIpc) is 2.39. The second-order valence-electron chi connectivity index (χ2n) is 3.84. The molecule has 0 saturated carbocycles. The lowest BCUT2D eigenvalue weighted by Gasteiger charge is -2.05. The molecule has 0 fully saturated rings. The number of anilines is 1. The van der Waals surface area contributed by atoms with E-state index in [2.05, 4.69) is 15.3 Å². The van der Waals surface area contributed by atoms with E-state index in [1.165, 1.54) is 42.9 Å². The number of nitrogens with zero attached hydrogens (tertiary/aromatic N) is 2. The second kappa shape index (κ2) is 5.15. The highest BCUT2D eigenvalue weighted by Crippen LogP contribution is 2.14. The first-order chi connectivity index (χ1) is 8.97. The van der Waals surface area contributed by atoms with E-state index in [1.54, 1.807) is 0 Å². The molecule has 19 heavy (non-hydrogen) atoms. The molecule has 0 saturated heterocycles. The summed E-state index contributed by atoms with van der Waals surface area (Å²) in [7, 11) is -3.24. The summed E-state index contributed by atoms with van der Waals surface area (Å²) >= 11 is 0. The van der Waals surface area contributed by atoms with E-state index in [-0.39, 0.29) is 10.6 Å². The molecular weight excluding hydrogens is 266 g/mol. The summed E-state index contributed by atoms with van der Waals surface area (Å²) in [6.07, 6.45) is 5.36. The van der Waals surface area contributed by atoms with Crippen molar-refractivity contribution in [1.82, 2.24) is 9.97 Å². The van der Waals surface area contributed by atoms with E-state index >= 15 is 0 Å². The lowest BCUT2D eigenvalue weighted by Crippen LogP contribution is -2.13. The summed E-state index contributed by atoms with van der Waals surface area (Å²) in [5.74, 6) is -0.403. The van der Waals surface area contributed by atoms with E-state index in [1.807, 2.05) is 0 Å². The maximum absolute atomic E-state index is 11.8. The van der Waals surface area contributed by atoms with Crippen LogP contribution < -0.4 is 5.32 Å². The number of carbonyl (C=O) groups excluding carboxylic acids is 1. The molecule has 1 heterocycles. The third-order valence-corrected chi connectivity index (χ3v) is 3.46. The predicted octanol–water partition coefficient (Wildman–Crippen LogP) is 1.13. The number of hydrogen-bond donors (Lipinski definition) is 1. The van der Waals surface area contributed by atoms with Gasteiger partial charge in [-0.05, 0) is 24.3 Å². The standard InChI is InChI=1S/C12H11N3O3S/c1-19(17,18)10-4-2-9(3-5-10)15-12(16)11-8-13-6-7-14-11/h2-8H,1H3,(H,15,16). The van der Waals surface area contributed by atoms with Gasteiger partial charge in [0, 0.05) is 24.3 Å². The quantitative estimate of drug-likeness (QED) is 0.908. The van der Waals surface area contributed by atoms with Crippen LogP contribution in [0.4, 0.5) is 5.69 Å². The SMILES string of the molecule is CS(=O)(=O)c1ccc(NC(=O)c2cnccn2)cc1. The molecule has 0 aliphatic carbocycles. The van der Waals surface area contributed by atoms with Gasteiger partial charge in [-0.15, -0.1) is 0 Å². The smallest absolute Gasteiger partial charge is 0.275 e. The van der Waals surface area contributed by atoms with Crippen molar-refractivity contribution in [1.29, 1.82) is 0 Å². The molecule has 2 aromatic rings. The number of aromatic nitrogens is 2. The normalized spacial score (nSPS) is 11.0. The van der Waals surface area contributed by atoms with Crippen molar-refractivity contribution < 1.29 is 13.2 Å². The Balaban J connectivity index is 2.15. The number of sulfone groups is 1. The number of amides is 1. The number of rotatable bonds is 3. The van der Waals surface area contributed by atoms with E-state index in [0.29, 0.717) is 5.69 Å². The van der Waals surface area contributed by atoms with Crippen LogP contribution >= 0.6 is 0 Å². The Morgan fingerprint density at radius 1 is 1.16 bits per heavy atom. The Bertz CT molecular complexity index is 682. The highest BCUT2D eigenvalue weighted by atomic mass is 32.2. The first kappa shape index (κ1) is 13.2. The monoisotopic (exact) mass is 277 g/mol. The number of carbonyl (C=O) groups is 1. The lowest BCUT2D eigenvalue weighted by atomic mass is 10.3.